The monoisotopic (exact) mass is 227 g/mol. The van der Waals surface area contributed by atoms with Crippen LogP contribution in [0.3, 0.4) is 0 Å². The summed E-state index contributed by atoms with van der Waals surface area (Å²) in [6, 6.07) is 0. The number of rotatable bonds is 8. The van der Waals surface area contributed by atoms with E-state index >= 15 is 0 Å². The molecule has 0 atom stereocenters. The summed E-state index contributed by atoms with van der Waals surface area (Å²) in [6.07, 6.45) is 0.132. The lowest BCUT2D eigenvalue weighted by molar-refractivity contribution is 0.136. The molecule has 0 aliphatic carbocycles. The van der Waals surface area contributed by atoms with E-state index in [1.165, 1.54) is 0 Å². The molecule has 0 saturated carbocycles. The number of nitrogens with zero attached hydrogens (tertiary/aromatic N) is 1. The molecule has 0 aromatic rings. The highest BCUT2D eigenvalue weighted by molar-refractivity contribution is 7.53. The van der Waals surface area contributed by atoms with Crippen molar-refractivity contribution in [3.8, 4) is 0 Å². The molecule has 6 nitrogen and oxygen atoms in total. The molecule has 0 heterocycles. The third kappa shape index (κ3) is 6.48. The Hall–Kier alpha value is 0.0300. The van der Waals surface area contributed by atoms with E-state index in [-0.39, 0.29) is 32.7 Å². The summed E-state index contributed by atoms with van der Waals surface area (Å²) in [4.78, 5) is 1.66. The van der Waals surface area contributed by atoms with Crippen LogP contribution in [0.15, 0.2) is 0 Å². The summed E-state index contributed by atoms with van der Waals surface area (Å²) in [6.45, 7) is -0.479. The van der Waals surface area contributed by atoms with Crippen LogP contribution in [0.5, 0.6) is 0 Å². The van der Waals surface area contributed by atoms with Crippen molar-refractivity contribution in [1.82, 2.24) is 4.90 Å². The minimum Gasteiger partial charge on any atom is -0.394 e. The fraction of sp³-hybridized carbons (Fsp3) is 1.00. The van der Waals surface area contributed by atoms with E-state index in [2.05, 4.69) is 0 Å². The Morgan fingerprint density at radius 2 is 1.57 bits per heavy atom. The molecule has 0 aliphatic rings. The number of aliphatic hydroxyl groups is 2. The SMILES string of the molecule is CN(C)CP(=O)(OCCO)OCCO. The molecule has 0 rings (SSSR count). The van der Waals surface area contributed by atoms with Crippen LogP contribution in [0.25, 0.3) is 0 Å². The Bertz CT molecular complexity index is 175. The van der Waals surface area contributed by atoms with E-state index in [1.807, 2.05) is 0 Å². The van der Waals surface area contributed by atoms with Gasteiger partial charge in [-0.25, -0.2) is 0 Å². The second kappa shape index (κ2) is 7.34. The Morgan fingerprint density at radius 3 is 1.86 bits per heavy atom. The van der Waals surface area contributed by atoms with Gasteiger partial charge in [-0.3, -0.25) is 9.46 Å². The van der Waals surface area contributed by atoms with Crippen LogP contribution >= 0.6 is 7.60 Å². The van der Waals surface area contributed by atoms with E-state index in [4.69, 9.17) is 19.3 Å². The van der Waals surface area contributed by atoms with E-state index in [0.29, 0.717) is 0 Å². The summed E-state index contributed by atoms with van der Waals surface area (Å²) in [7, 11) is 0.264. The lowest BCUT2D eigenvalue weighted by Crippen LogP contribution is -2.17. The first kappa shape index (κ1) is 14.0. The molecular weight excluding hydrogens is 209 g/mol. The largest absolute Gasteiger partial charge is 0.394 e. The fourth-order valence-corrected chi connectivity index (χ4v) is 2.48. The minimum absolute atomic E-state index is 0.0312. The standard InChI is InChI=1S/C7H18NO5P/c1-8(2)7-14(11,12-5-3-9)13-6-4-10/h9-10H,3-7H2,1-2H3. The molecule has 86 valence electrons. The maximum absolute atomic E-state index is 11.8. The molecule has 0 fully saturated rings. The summed E-state index contributed by atoms with van der Waals surface area (Å²) in [5, 5.41) is 17.0. The lowest BCUT2D eigenvalue weighted by atomic mass is 10.8. The van der Waals surface area contributed by atoms with Crippen molar-refractivity contribution in [3.63, 3.8) is 0 Å². The third-order valence-electron chi connectivity index (χ3n) is 1.21. The molecule has 14 heavy (non-hydrogen) atoms. The topological polar surface area (TPSA) is 79.2 Å². The van der Waals surface area contributed by atoms with Crippen LogP contribution in [-0.4, -0.2) is 61.9 Å². The smallest absolute Gasteiger partial charge is 0.344 e. The zero-order valence-electron chi connectivity index (χ0n) is 8.55. The summed E-state index contributed by atoms with van der Waals surface area (Å²) >= 11 is 0. The van der Waals surface area contributed by atoms with Gasteiger partial charge < -0.3 is 19.3 Å². The van der Waals surface area contributed by atoms with Gasteiger partial charge in [-0.1, -0.05) is 0 Å². The predicted octanol–water partition coefficient (Wildman–Crippen LogP) is -0.284. The number of aliphatic hydroxyl groups excluding tert-OH is 2. The quantitative estimate of drug-likeness (QED) is 0.555. The molecule has 0 aromatic heterocycles. The Morgan fingerprint density at radius 1 is 1.14 bits per heavy atom. The molecule has 0 bridgehead atoms. The van der Waals surface area contributed by atoms with E-state index < -0.39 is 7.60 Å². The molecule has 0 unspecified atom stereocenters. The van der Waals surface area contributed by atoms with Crippen LogP contribution < -0.4 is 0 Å². The van der Waals surface area contributed by atoms with Crippen LogP contribution in [0, 0.1) is 0 Å². The van der Waals surface area contributed by atoms with Crippen molar-refractivity contribution in [3.05, 3.63) is 0 Å². The maximum atomic E-state index is 11.8. The van der Waals surface area contributed by atoms with E-state index in [9.17, 15) is 4.57 Å². The number of hydrogen-bond donors (Lipinski definition) is 2. The first-order valence-corrected chi connectivity index (χ1v) is 6.01. The first-order chi connectivity index (χ1) is 6.54. The Kier molecular flexibility index (Phi) is 7.35. The molecule has 0 spiro atoms. The Labute approximate surface area is 84.0 Å². The van der Waals surface area contributed by atoms with Gasteiger partial charge in [-0.05, 0) is 14.1 Å². The molecule has 0 aromatic carbocycles. The van der Waals surface area contributed by atoms with E-state index in [0.717, 1.165) is 0 Å². The molecule has 0 aliphatic heterocycles. The highest BCUT2D eigenvalue weighted by Gasteiger charge is 2.25. The zero-order chi connectivity index (χ0) is 11.0. The highest BCUT2D eigenvalue weighted by Crippen LogP contribution is 2.47. The van der Waals surface area contributed by atoms with Crippen molar-refractivity contribution in [1.29, 1.82) is 0 Å². The second-order valence-corrected chi connectivity index (χ2v) is 4.97. The van der Waals surface area contributed by atoms with Gasteiger partial charge in [0.25, 0.3) is 0 Å². The van der Waals surface area contributed by atoms with Crippen molar-refractivity contribution in [2.45, 2.75) is 0 Å². The molecule has 7 heteroatoms. The second-order valence-electron chi connectivity index (χ2n) is 2.95. The van der Waals surface area contributed by atoms with Crippen molar-refractivity contribution in [2.75, 3.05) is 46.8 Å². The normalized spacial score (nSPS) is 12.4. The van der Waals surface area contributed by atoms with Gasteiger partial charge >= 0.3 is 7.60 Å². The summed E-state index contributed by atoms with van der Waals surface area (Å²) in [5.74, 6) is 0. The van der Waals surface area contributed by atoms with Crippen LogP contribution in [0.2, 0.25) is 0 Å². The molecule has 0 radical (unpaired) electrons. The highest BCUT2D eigenvalue weighted by atomic mass is 31.2. The van der Waals surface area contributed by atoms with Crippen molar-refractivity contribution >= 4 is 7.60 Å². The van der Waals surface area contributed by atoms with Crippen molar-refractivity contribution in [2.24, 2.45) is 0 Å². The zero-order valence-corrected chi connectivity index (χ0v) is 9.44. The van der Waals surface area contributed by atoms with Gasteiger partial charge in [0.1, 0.15) is 6.29 Å². The van der Waals surface area contributed by atoms with Crippen molar-refractivity contribution < 1.29 is 23.8 Å². The number of hydrogen-bond acceptors (Lipinski definition) is 6. The van der Waals surface area contributed by atoms with Crippen LogP contribution in [0.1, 0.15) is 0 Å². The summed E-state index contributed by atoms with van der Waals surface area (Å²) in [5.41, 5.74) is 0. The van der Waals surface area contributed by atoms with Gasteiger partial charge in [0.05, 0.1) is 26.4 Å². The molecular formula is C7H18NO5P. The average Bonchev–Trinajstić information content (AvgIpc) is 2.11. The summed E-state index contributed by atoms with van der Waals surface area (Å²) < 4.78 is 21.7. The molecule has 0 amide bonds. The van der Waals surface area contributed by atoms with Crippen LogP contribution in [0.4, 0.5) is 0 Å². The third-order valence-corrected chi connectivity index (χ3v) is 3.28. The minimum atomic E-state index is -3.20. The Balaban J connectivity index is 4.11. The van der Waals surface area contributed by atoms with Gasteiger partial charge in [0.2, 0.25) is 0 Å². The van der Waals surface area contributed by atoms with Gasteiger partial charge in [-0.2, -0.15) is 0 Å². The average molecular weight is 227 g/mol. The van der Waals surface area contributed by atoms with Crippen LogP contribution in [-0.2, 0) is 13.6 Å². The fourth-order valence-electron chi connectivity index (χ4n) is 0.825. The first-order valence-electron chi connectivity index (χ1n) is 4.28. The molecule has 2 N–H and O–H groups in total. The lowest BCUT2D eigenvalue weighted by Gasteiger charge is -2.20. The predicted molar refractivity (Wildman–Crippen MR) is 52.2 cm³/mol. The van der Waals surface area contributed by atoms with Gasteiger partial charge in [0, 0.05) is 0 Å². The van der Waals surface area contributed by atoms with E-state index in [1.54, 1.807) is 19.0 Å². The van der Waals surface area contributed by atoms with Gasteiger partial charge in [0.15, 0.2) is 0 Å². The maximum Gasteiger partial charge on any atom is 0.344 e. The van der Waals surface area contributed by atoms with Gasteiger partial charge in [-0.15, -0.1) is 0 Å². The molecule has 0 saturated heterocycles.